The van der Waals surface area contributed by atoms with Gasteiger partial charge in [0, 0.05) is 35.1 Å². The number of aromatic nitrogens is 6. The fourth-order valence-electron chi connectivity index (χ4n) is 3.52. The van der Waals surface area contributed by atoms with Gasteiger partial charge in [-0.05, 0) is 32.0 Å². The van der Waals surface area contributed by atoms with Crippen LogP contribution >= 0.6 is 11.3 Å². The molecule has 5 rings (SSSR count). The number of hydrogen-bond acceptors (Lipinski definition) is 6. The molecule has 1 N–H and O–H groups in total. The smallest absolute Gasteiger partial charge is 0.267 e. The van der Waals surface area contributed by atoms with Crippen LogP contribution in [0.25, 0.3) is 22.0 Å². The fraction of sp³-hybridized carbons (Fsp3) is 0.136. The van der Waals surface area contributed by atoms with Gasteiger partial charge in [-0.2, -0.15) is 5.10 Å². The standard InChI is InChI=1S/C22H19N7O2S/c1-14-11-15(2)29(25-14)19-7-8-21(31)28(26-19)13-20(30)23-17-6-4-3-5-16(17)18-12-27-9-10-32-22(27)24-18/h3-12H,13H2,1-2H3,(H,23,30). The van der Waals surface area contributed by atoms with E-state index in [1.807, 2.05) is 66.4 Å². The molecular weight excluding hydrogens is 426 g/mol. The Morgan fingerprint density at radius 3 is 2.75 bits per heavy atom. The van der Waals surface area contributed by atoms with E-state index in [-0.39, 0.29) is 18.0 Å². The van der Waals surface area contributed by atoms with Gasteiger partial charge in [0.05, 0.1) is 17.1 Å². The molecule has 9 nitrogen and oxygen atoms in total. The molecule has 5 aromatic rings. The number of para-hydroxylation sites is 1. The molecule has 0 fully saturated rings. The molecule has 1 amide bonds. The summed E-state index contributed by atoms with van der Waals surface area (Å²) in [5, 5.41) is 13.6. The van der Waals surface area contributed by atoms with Gasteiger partial charge in [-0.25, -0.2) is 14.3 Å². The third kappa shape index (κ3) is 3.71. The van der Waals surface area contributed by atoms with Crippen LogP contribution in [0.4, 0.5) is 5.69 Å². The van der Waals surface area contributed by atoms with Crippen molar-refractivity contribution in [1.29, 1.82) is 0 Å². The lowest BCUT2D eigenvalue weighted by Crippen LogP contribution is -2.30. The minimum absolute atomic E-state index is 0.224. The average molecular weight is 446 g/mol. The highest BCUT2D eigenvalue weighted by Gasteiger charge is 2.14. The Balaban J connectivity index is 1.40. The predicted molar refractivity (Wildman–Crippen MR) is 122 cm³/mol. The van der Waals surface area contributed by atoms with Crippen LogP contribution in [0.15, 0.2) is 65.0 Å². The largest absolute Gasteiger partial charge is 0.324 e. The number of nitrogens with one attached hydrogen (secondary N) is 1. The number of nitrogens with zero attached hydrogens (tertiary/aromatic N) is 6. The van der Waals surface area contributed by atoms with Gasteiger partial charge < -0.3 is 5.32 Å². The molecule has 4 heterocycles. The molecule has 0 spiro atoms. The maximum atomic E-state index is 12.8. The molecule has 0 radical (unpaired) electrons. The topological polar surface area (TPSA) is 99.1 Å². The zero-order valence-electron chi connectivity index (χ0n) is 17.4. The van der Waals surface area contributed by atoms with Crippen molar-refractivity contribution in [3.63, 3.8) is 0 Å². The molecule has 0 atom stereocenters. The Hall–Kier alpha value is -4.05. The fourth-order valence-corrected chi connectivity index (χ4v) is 4.22. The molecule has 10 heteroatoms. The van der Waals surface area contributed by atoms with Crippen LogP contribution in [0.3, 0.4) is 0 Å². The number of benzene rings is 1. The van der Waals surface area contributed by atoms with E-state index in [9.17, 15) is 9.59 Å². The van der Waals surface area contributed by atoms with Gasteiger partial charge in [0.1, 0.15) is 6.54 Å². The van der Waals surface area contributed by atoms with Crippen LogP contribution in [0.2, 0.25) is 0 Å². The van der Waals surface area contributed by atoms with Gasteiger partial charge in [-0.1, -0.05) is 18.2 Å². The van der Waals surface area contributed by atoms with Gasteiger partial charge in [-0.15, -0.1) is 16.4 Å². The molecule has 0 aliphatic rings. The van der Waals surface area contributed by atoms with E-state index in [2.05, 4.69) is 20.5 Å². The molecular formula is C22H19N7O2S. The third-order valence-electron chi connectivity index (χ3n) is 4.94. The van der Waals surface area contributed by atoms with Gasteiger partial charge in [0.15, 0.2) is 10.8 Å². The minimum Gasteiger partial charge on any atom is -0.324 e. The number of fused-ring (bicyclic) bond motifs is 1. The van der Waals surface area contributed by atoms with Gasteiger partial charge >= 0.3 is 0 Å². The van der Waals surface area contributed by atoms with Gasteiger partial charge in [0.2, 0.25) is 5.91 Å². The molecule has 0 bridgehead atoms. The van der Waals surface area contributed by atoms with Crippen LogP contribution in [0.1, 0.15) is 11.4 Å². The first-order chi connectivity index (χ1) is 15.5. The number of thiazole rings is 1. The quantitative estimate of drug-likeness (QED) is 0.448. The molecule has 1 aromatic carbocycles. The zero-order valence-corrected chi connectivity index (χ0v) is 18.2. The highest BCUT2D eigenvalue weighted by Crippen LogP contribution is 2.28. The highest BCUT2D eigenvalue weighted by atomic mass is 32.1. The molecule has 160 valence electrons. The molecule has 0 aliphatic heterocycles. The van der Waals surface area contributed by atoms with E-state index in [1.165, 1.54) is 17.4 Å². The van der Waals surface area contributed by atoms with Crippen molar-refractivity contribution in [2.24, 2.45) is 0 Å². The Morgan fingerprint density at radius 2 is 1.97 bits per heavy atom. The second kappa shape index (κ2) is 7.89. The van der Waals surface area contributed by atoms with Crippen LogP contribution in [-0.2, 0) is 11.3 Å². The number of carbonyl (C=O) groups excluding carboxylic acids is 1. The summed E-state index contributed by atoms with van der Waals surface area (Å²) in [6.07, 6.45) is 3.85. The van der Waals surface area contributed by atoms with Crippen molar-refractivity contribution in [2.45, 2.75) is 20.4 Å². The lowest BCUT2D eigenvalue weighted by Gasteiger charge is -2.11. The summed E-state index contributed by atoms with van der Waals surface area (Å²) in [5.74, 6) is 0.111. The van der Waals surface area contributed by atoms with E-state index in [4.69, 9.17) is 0 Å². The molecule has 32 heavy (non-hydrogen) atoms. The summed E-state index contributed by atoms with van der Waals surface area (Å²) >= 11 is 1.54. The highest BCUT2D eigenvalue weighted by molar-refractivity contribution is 7.15. The van der Waals surface area contributed by atoms with Crippen LogP contribution in [0, 0.1) is 13.8 Å². The lowest BCUT2D eigenvalue weighted by molar-refractivity contribution is -0.117. The zero-order chi connectivity index (χ0) is 22.2. The number of aryl methyl sites for hydroxylation is 2. The monoisotopic (exact) mass is 445 g/mol. The molecule has 0 unspecified atom stereocenters. The first-order valence-corrected chi connectivity index (χ1v) is 10.8. The van der Waals surface area contributed by atoms with E-state index >= 15 is 0 Å². The summed E-state index contributed by atoms with van der Waals surface area (Å²) in [6.45, 7) is 3.56. The maximum absolute atomic E-state index is 12.8. The Labute approximate surface area is 186 Å². The summed E-state index contributed by atoms with van der Waals surface area (Å²) in [5.41, 5.74) is 3.54. The Bertz CT molecular complexity index is 1480. The first-order valence-electron chi connectivity index (χ1n) is 9.91. The van der Waals surface area contributed by atoms with Crippen molar-refractivity contribution in [3.8, 4) is 17.1 Å². The molecule has 0 aliphatic carbocycles. The van der Waals surface area contributed by atoms with Crippen LogP contribution in [-0.4, -0.2) is 34.9 Å². The molecule has 4 aromatic heterocycles. The predicted octanol–water partition coefficient (Wildman–Crippen LogP) is 3.06. The normalized spacial score (nSPS) is 11.2. The minimum atomic E-state index is -0.368. The van der Waals surface area contributed by atoms with Crippen molar-refractivity contribution in [2.75, 3.05) is 5.32 Å². The second-order valence-corrected chi connectivity index (χ2v) is 8.21. The lowest BCUT2D eigenvalue weighted by atomic mass is 10.1. The van der Waals surface area contributed by atoms with Crippen molar-refractivity contribution in [3.05, 3.63) is 82.0 Å². The average Bonchev–Trinajstić information content (AvgIpc) is 3.45. The second-order valence-electron chi connectivity index (χ2n) is 7.34. The van der Waals surface area contributed by atoms with Crippen LogP contribution in [0.5, 0.6) is 0 Å². The first kappa shape index (κ1) is 19.9. The SMILES string of the molecule is Cc1cc(C)n(-c2ccc(=O)n(CC(=O)Nc3ccccc3-c3cn4ccsc4n3)n2)n1. The van der Waals surface area contributed by atoms with Gasteiger partial charge in [-0.3, -0.25) is 14.0 Å². The van der Waals surface area contributed by atoms with E-state index in [0.717, 1.165) is 32.3 Å². The van der Waals surface area contributed by atoms with Crippen molar-refractivity contribution in [1.82, 2.24) is 28.9 Å². The molecule has 0 saturated carbocycles. The Kier molecular flexibility index (Phi) is 4.91. The summed E-state index contributed by atoms with van der Waals surface area (Å²) in [6, 6.07) is 12.3. The Morgan fingerprint density at radius 1 is 1.12 bits per heavy atom. The van der Waals surface area contributed by atoms with Gasteiger partial charge in [0.25, 0.3) is 5.56 Å². The van der Waals surface area contributed by atoms with Crippen molar-refractivity contribution >= 4 is 27.9 Å². The summed E-state index contributed by atoms with van der Waals surface area (Å²) in [4.78, 5) is 30.6. The number of carbonyl (C=O) groups is 1. The maximum Gasteiger partial charge on any atom is 0.267 e. The third-order valence-corrected chi connectivity index (χ3v) is 5.71. The molecule has 0 saturated heterocycles. The number of rotatable bonds is 5. The van der Waals surface area contributed by atoms with Crippen LogP contribution < -0.4 is 10.9 Å². The summed E-state index contributed by atoms with van der Waals surface area (Å²) in [7, 11) is 0. The van der Waals surface area contributed by atoms with Crippen molar-refractivity contribution < 1.29 is 4.79 Å². The number of hydrogen-bond donors (Lipinski definition) is 1. The van der Waals surface area contributed by atoms with E-state index in [0.29, 0.717) is 11.5 Å². The van der Waals surface area contributed by atoms with E-state index in [1.54, 1.807) is 10.7 Å². The number of anilines is 1. The van der Waals surface area contributed by atoms with E-state index < -0.39 is 0 Å². The number of imidazole rings is 1. The number of amides is 1. The summed E-state index contributed by atoms with van der Waals surface area (Å²) < 4.78 is 4.71.